The Hall–Kier alpha value is -0.120. The second kappa shape index (κ2) is 3.47. The first kappa shape index (κ1) is 10.4. The molecule has 2 aliphatic rings. The smallest absolute Gasteiger partial charge is 0.0718 e. The van der Waals surface area contributed by atoms with Crippen molar-refractivity contribution in [2.24, 2.45) is 11.7 Å². The summed E-state index contributed by atoms with van der Waals surface area (Å²) in [7, 11) is 0. The van der Waals surface area contributed by atoms with E-state index in [1.165, 1.54) is 6.42 Å². The fraction of sp³-hybridized carbons (Fsp3) is 1.00. The predicted molar refractivity (Wildman–Crippen MR) is 57.1 cm³/mol. The summed E-state index contributed by atoms with van der Waals surface area (Å²) in [6, 6.07) is 0.621. The molecule has 0 radical (unpaired) electrons. The quantitative estimate of drug-likeness (QED) is 0.730. The van der Waals surface area contributed by atoms with E-state index in [-0.39, 0.29) is 5.54 Å². The van der Waals surface area contributed by atoms with Crippen LogP contribution in [-0.2, 0) is 4.74 Å². The van der Waals surface area contributed by atoms with Crippen LogP contribution in [0.5, 0.6) is 0 Å². The molecule has 0 aliphatic carbocycles. The summed E-state index contributed by atoms with van der Waals surface area (Å²) in [5, 5.41) is 0. The number of rotatable bonds is 3. The Morgan fingerprint density at radius 3 is 2.64 bits per heavy atom. The summed E-state index contributed by atoms with van der Waals surface area (Å²) in [6.45, 7) is 9.55. The lowest BCUT2D eigenvalue weighted by Crippen LogP contribution is -2.59. The van der Waals surface area contributed by atoms with Crippen molar-refractivity contribution in [3.63, 3.8) is 0 Å². The summed E-state index contributed by atoms with van der Waals surface area (Å²) in [4.78, 5) is 2.58. The molecule has 3 heteroatoms. The molecule has 0 saturated carbocycles. The van der Waals surface area contributed by atoms with E-state index in [0.29, 0.717) is 18.1 Å². The highest BCUT2D eigenvalue weighted by molar-refractivity contribution is 5.02. The summed E-state index contributed by atoms with van der Waals surface area (Å²) >= 11 is 0. The zero-order valence-corrected chi connectivity index (χ0v) is 9.49. The third-order valence-corrected chi connectivity index (χ3v) is 4.21. The van der Waals surface area contributed by atoms with Crippen LogP contribution in [0.4, 0.5) is 0 Å². The van der Waals surface area contributed by atoms with Crippen molar-refractivity contribution in [3.8, 4) is 0 Å². The van der Waals surface area contributed by atoms with Gasteiger partial charge in [-0.15, -0.1) is 0 Å². The second-order valence-corrected chi connectivity index (χ2v) is 5.21. The van der Waals surface area contributed by atoms with Crippen molar-refractivity contribution in [1.29, 1.82) is 0 Å². The van der Waals surface area contributed by atoms with Gasteiger partial charge in [-0.05, 0) is 19.3 Å². The lowest BCUT2D eigenvalue weighted by atomic mass is 9.86. The lowest BCUT2D eigenvalue weighted by Gasteiger charge is -2.45. The van der Waals surface area contributed by atoms with E-state index in [1.54, 1.807) is 0 Å². The van der Waals surface area contributed by atoms with E-state index in [4.69, 9.17) is 10.5 Å². The Labute approximate surface area is 86.6 Å². The van der Waals surface area contributed by atoms with Gasteiger partial charge in [0.05, 0.1) is 12.7 Å². The molecule has 2 saturated heterocycles. The number of nitrogens with zero attached hydrogens (tertiary/aromatic N) is 1. The molecule has 2 N–H and O–H groups in total. The molecule has 0 aromatic heterocycles. The zero-order chi connectivity index (χ0) is 10.3. The number of likely N-dealkylation sites (tertiary alicyclic amines) is 1. The number of ether oxygens (including phenoxy) is 1. The maximum absolute atomic E-state index is 5.94. The molecular formula is C11H22N2O. The minimum Gasteiger partial charge on any atom is -0.375 e. The number of nitrogens with two attached hydrogens (primary N) is 1. The fourth-order valence-electron chi connectivity index (χ4n) is 2.71. The van der Waals surface area contributed by atoms with Crippen LogP contribution < -0.4 is 5.73 Å². The molecule has 2 aliphatic heterocycles. The van der Waals surface area contributed by atoms with E-state index in [0.717, 1.165) is 19.7 Å². The topological polar surface area (TPSA) is 38.5 Å². The molecule has 2 bridgehead atoms. The third kappa shape index (κ3) is 1.38. The summed E-state index contributed by atoms with van der Waals surface area (Å²) in [5.41, 5.74) is 6.09. The van der Waals surface area contributed by atoms with E-state index >= 15 is 0 Å². The van der Waals surface area contributed by atoms with E-state index in [2.05, 4.69) is 25.7 Å². The van der Waals surface area contributed by atoms with Gasteiger partial charge in [-0.25, -0.2) is 0 Å². The average Bonchev–Trinajstić information content (AvgIpc) is 2.77. The van der Waals surface area contributed by atoms with Gasteiger partial charge in [0, 0.05) is 24.7 Å². The lowest BCUT2D eigenvalue weighted by molar-refractivity contribution is -0.0331. The van der Waals surface area contributed by atoms with Gasteiger partial charge in [-0.1, -0.05) is 13.8 Å². The van der Waals surface area contributed by atoms with Crippen molar-refractivity contribution in [1.82, 2.24) is 4.90 Å². The van der Waals surface area contributed by atoms with Crippen LogP contribution in [0.25, 0.3) is 0 Å². The first-order valence-corrected chi connectivity index (χ1v) is 5.66. The molecule has 2 rings (SSSR count). The van der Waals surface area contributed by atoms with Crippen LogP contribution in [0.3, 0.4) is 0 Å². The Morgan fingerprint density at radius 2 is 2.29 bits per heavy atom. The molecule has 0 aromatic rings. The molecule has 0 amide bonds. The normalized spacial score (nSPS) is 36.6. The third-order valence-electron chi connectivity index (χ3n) is 4.21. The van der Waals surface area contributed by atoms with E-state index in [1.807, 2.05) is 0 Å². The maximum Gasteiger partial charge on any atom is 0.0718 e. The van der Waals surface area contributed by atoms with Crippen molar-refractivity contribution >= 4 is 0 Å². The molecule has 3 atom stereocenters. The van der Waals surface area contributed by atoms with E-state index < -0.39 is 0 Å². The van der Waals surface area contributed by atoms with Crippen LogP contribution in [0, 0.1) is 5.92 Å². The summed E-state index contributed by atoms with van der Waals surface area (Å²) in [5.74, 6) is 0.604. The fourth-order valence-corrected chi connectivity index (χ4v) is 2.71. The van der Waals surface area contributed by atoms with Gasteiger partial charge in [0.2, 0.25) is 0 Å². The molecule has 0 aromatic carbocycles. The van der Waals surface area contributed by atoms with Gasteiger partial charge < -0.3 is 10.5 Å². The standard InChI is InChI=1S/C11H22N2O/c1-8(2)11(3,7-12)13-5-10-4-9(13)6-14-10/h8-10H,4-7,12H2,1-3H3. The van der Waals surface area contributed by atoms with E-state index in [9.17, 15) is 0 Å². The Kier molecular flexibility index (Phi) is 2.58. The largest absolute Gasteiger partial charge is 0.375 e. The van der Waals surface area contributed by atoms with Gasteiger partial charge in [0.25, 0.3) is 0 Å². The minimum atomic E-state index is 0.156. The Balaban J connectivity index is 2.13. The highest BCUT2D eigenvalue weighted by Crippen LogP contribution is 2.36. The van der Waals surface area contributed by atoms with Gasteiger partial charge >= 0.3 is 0 Å². The van der Waals surface area contributed by atoms with Crippen molar-refractivity contribution in [3.05, 3.63) is 0 Å². The number of fused-ring (bicyclic) bond motifs is 2. The first-order chi connectivity index (χ1) is 6.58. The minimum absolute atomic E-state index is 0.156. The van der Waals surface area contributed by atoms with Gasteiger partial charge in [0.15, 0.2) is 0 Å². The summed E-state index contributed by atoms with van der Waals surface area (Å²) < 4.78 is 5.62. The zero-order valence-electron chi connectivity index (χ0n) is 9.49. The molecule has 82 valence electrons. The Bertz CT molecular complexity index is 219. The Morgan fingerprint density at radius 1 is 1.57 bits per heavy atom. The van der Waals surface area contributed by atoms with Crippen molar-refractivity contribution in [2.45, 2.75) is 44.9 Å². The monoisotopic (exact) mass is 198 g/mol. The average molecular weight is 198 g/mol. The number of hydrogen-bond donors (Lipinski definition) is 1. The van der Waals surface area contributed by atoms with Crippen LogP contribution in [-0.4, -0.2) is 42.3 Å². The SMILES string of the molecule is CC(C)C(C)(CN)N1CC2CC1CO2. The number of hydrogen-bond acceptors (Lipinski definition) is 3. The highest BCUT2D eigenvalue weighted by atomic mass is 16.5. The van der Waals surface area contributed by atoms with Crippen molar-refractivity contribution in [2.75, 3.05) is 19.7 Å². The van der Waals surface area contributed by atoms with Crippen LogP contribution in [0.15, 0.2) is 0 Å². The molecule has 2 heterocycles. The molecular weight excluding hydrogens is 176 g/mol. The molecule has 3 nitrogen and oxygen atoms in total. The molecule has 14 heavy (non-hydrogen) atoms. The van der Waals surface area contributed by atoms with Gasteiger partial charge in [0.1, 0.15) is 0 Å². The first-order valence-electron chi connectivity index (χ1n) is 5.66. The van der Waals surface area contributed by atoms with Crippen LogP contribution in [0.1, 0.15) is 27.2 Å². The van der Waals surface area contributed by atoms with Crippen LogP contribution in [0.2, 0.25) is 0 Å². The molecule has 0 spiro atoms. The predicted octanol–water partition coefficient (Wildman–Crippen LogP) is 0.833. The molecule has 3 unspecified atom stereocenters. The molecule has 2 fully saturated rings. The van der Waals surface area contributed by atoms with Crippen LogP contribution >= 0.6 is 0 Å². The second-order valence-electron chi connectivity index (χ2n) is 5.21. The maximum atomic E-state index is 5.94. The highest BCUT2D eigenvalue weighted by Gasteiger charge is 2.47. The number of morpholine rings is 1. The van der Waals surface area contributed by atoms with Gasteiger partial charge in [-0.3, -0.25) is 4.90 Å². The van der Waals surface area contributed by atoms with Gasteiger partial charge in [-0.2, -0.15) is 0 Å². The van der Waals surface area contributed by atoms with Crippen molar-refractivity contribution < 1.29 is 4.74 Å². The summed E-state index contributed by atoms with van der Waals surface area (Å²) in [6.07, 6.45) is 1.69.